The fourth-order valence-electron chi connectivity index (χ4n) is 3.17. The number of hydrogen-bond donors (Lipinski definition) is 3. The second-order valence-electron chi connectivity index (χ2n) is 6.38. The number of rotatable bonds is 7. The Balaban J connectivity index is 1.67. The van der Waals surface area contributed by atoms with Crippen LogP contribution in [0.3, 0.4) is 0 Å². The van der Waals surface area contributed by atoms with Crippen LogP contribution in [-0.4, -0.2) is 59.0 Å². The number of hydrogen-bond acceptors (Lipinski definition) is 7. The molecule has 1 aromatic carbocycles. The summed E-state index contributed by atoms with van der Waals surface area (Å²) >= 11 is 0. The topological polar surface area (TPSA) is 127 Å². The monoisotopic (exact) mass is 382 g/mol. The van der Waals surface area contributed by atoms with Crippen molar-refractivity contribution >= 4 is 10.0 Å². The van der Waals surface area contributed by atoms with Gasteiger partial charge in [0.1, 0.15) is 5.69 Å². The molecule has 10 heteroatoms. The lowest BCUT2D eigenvalue weighted by atomic mass is 10.1. The molecule has 1 aliphatic carbocycles. The lowest BCUT2D eigenvalue weighted by molar-refractivity contribution is 0.00972. The van der Waals surface area contributed by atoms with Gasteiger partial charge in [-0.3, -0.25) is 4.68 Å². The van der Waals surface area contributed by atoms with Crippen molar-refractivity contribution in [3.05, 3.63) is 42.2 Å². The van der Waals surface area contributed by atoms with Gasteiger partial charge in [-0.15, -0.1) is 5.10 Å². The van der Waals surface area contributed by atoms with Gasteiger partial charge >= 0.3 is 0 Å². The van der Waals surface area contributed by atoms with Crippen molar-refractivity contribution in [2.24, 2.45) is 5.92 Å². The smallest absolute Gasteiger partial charge is 0.240 e. The number of ether oxygens (including phenoxy) is 1. The Bertz CT molecular complexity index is 826. The zero-order valence-electron chi connectivity index (χ0n) is 14.3. The van der Waals surface area contributed by atoms with Crippen LogP contribution in [0.5, 0.6) is 0 Å². The quantitative estimate of drug-likeness (QED) is 0.590. The fraction of sp³-hybridized carbons (Fsp3) is 0.500. The molecule has 1 aliphatic rings. The molecule has 0 amide bonds. The third kappa shape index (κ3) is 4.10. The van der Waals surface area contributed by atoms with Gasteiger partial charge in [-0.05, 0) is 18.6 Å². The predicted molar refractivity (Wildman–Crippen MR) is 91.4 cm³/mol. The van der Waals surface area contributed by atoms with Gasteiger partial charge in [-0.2, -0.15) is 0 Å². The first-order chi connectivity index (χ1) is 12.4. The van der Waals surface area contributed by atoms with Crippen molar-refractivity contribution in [2.45, 2.75) is 42.7 Å². The van der Waals surface area contributed by atoms with E-state index in [4.69, 9.17) is 4.74 Å². The van der Waals surface area contributed by atoms with Crippen molar-refractivity contribution in [3.63, 3.8) is 0 Å². The van der Waals surface area contributed by atoms with Crippen LogP contribution in [0.2, 0.25) is 0 Å². The Morgan fingerprint density at radius 3 is 2.69 bits per heavy atom. The lowest BCUT2D eigenvalue weighted by Crippen LogP contribution is -2.43. The highest BCUT2D eigenvalue weighted by Gasteiger charge is 2.43. The second kappa shape index (κ2) is 7.80. The van der Waals surface area contributed by atoms with E-state index in [1.807, 2.05) is 0 Å². The van der Waals surface area contributed by atoms with Crippen LogP contribution in [0.25, 0.3) is 0 Å². The lowest BCUT2D eigenvalue weighted by Gasteiger charge is -2.18. The molecule has 0 bridgehead atoms. The summed E-state index contributed by atoms with van der Waals surface area (Å²) in [5, 5.41) is 28.5. The van der Waals surface area contributed by atoms with Gasteiger partial charge in [-0.25, -0.2) is 13.1 Å². The molecule has 2 aromatic rings. The number of aromatic nitrogens is 3. The van der Waals surface area contributed by atoms with Crippen LogP contribution < -0.4 is 4.72 Å². The van der Waals surface area contributed by atoms with Crippen molar-refractivity contribution in [3.8, 4) is 0 Å². The summed E-state index contributed by atoms with van der Waals surface area (Å²) in [7, 11) is -2.22. The Kier molecular flexibility index (Phi) is 5.68. The largest absolute Gasteiger partial charge is 0.390 e. The van der Waals surface area contributed by atoms with Gasteiger partial charge in [-0.1, -0.05) is 23.4 Å². The molecule has 4 atom stereocenters. The average molecular weight is 382 g/mol. The van der Waals surface area contributed by atoms with E-state index in [-0.39, 0.29) is 17.2 Å². The molecule has 1 heterocycles. The zero-order valence-corrected chi connectivity index (χ0v) is 15.1. The number of sulfonamides is 1. The first-order valence-corrected chi connectivity index (χ1v) is 9.70. The predicted octanol–water partition coefficient (Wildman–Crippen LogP) is -0.487. The van der Waals surface area contributed by atoms with Crippen LogP contribution in [0.4, 0.5) is 0 Å². The van der Waals surface area contributed by atoms with E-state index in [2.05, 4.69) is 15.0 Å². The van der Waals surface area contributed by atoms with Gasteiger partial charge in [0.2, 0.25) is 10.0 Å². The van der Waals surface area contributed by atoms with Crippen LogP contribution >= 0.6 is 0 Å². The first-order valence-electron chi connectivity index (χ1n) is 8.22. The number of aliphatic hydroxyl groups is 2. The van der Waals surface area contributed by atoms with E-state index in [0.29, 0.717) is 18.8 Å². The summed E-state index contributed by atoms with van der Waals surface area (Å²) in [5.74, 6) is -0.356. The Morgan fingerprint density at radius 1 is 1.27 bits per heavy atom. The second-order valence-corrected chi connectivity index (χ2v) is 8.10. The highest BCUT2D eigenvalue weighted by Crippen LogP contribution is 2.29. The summed E-state index contributed by atoms with van der Waals surface area (Å²) in [5.41, 5.74) is 0.655. The highest BCUT2D eigenvalue weighted by molar-refractivity contribution is 7.89. The molecule has 1 saturated carbocycles. The molecule has 3 rings (SSSR count). The zero-order chi connectivity index (χ0) is 18.7. The molecule has 142 valence electrons. The first kappa shape index (κ1) is 18.9. The minimum Gasteiger partial charge on any atom is -0.390 e. The van der Waals surface area contributed by atoms with Gasteiger partial charge in [0.05, 0.1) is 35.9 Å². The van der Waals surface area contributed by atoms with Crippen molar-refractivity contribution in [1.82, 2.24) is 19.7 Å². The molecule has 0 aliphatic heterocycles. The molecule has 1 aromatic heterocycles. The van der Waals surface area contributed by atoms with Gasteiger partial charge in [0, 0.05) is 19.6 Å². The van der Waals surface area contributed by atoms with E-state index in [9.17, 15) is 18.6 Å². The van der Waals surface area contributed by atoms with Crippen molar-refractivity contribution in [1.29, 1.82) is 0 Å². The minimum absolute atomic E-state index is 0.116. The SMILES string of the molecule is COCc1cn(CC2CC(NS(=O)(=O)c3ccccc3)C(O)C2O)nn1. The molecule has 9 nitrogen and oxygen atoms in total. The van der Waals surface area contributed by atoms with E-state index in [1.54, 1.807) is 36.2 Å². The molecule has 4 unspecified atom stereocenters. The van der Waals surface area contributed by atoms with E-state index in [0.717, 1.165) is 0 Å². The molecule has 3 N–H and O–H groups in total. The van der Waals surface area contributed by atoms with Crippen LogP contribution in [0.15, 0.2) is 41.4 Å². The molecule has 26 heavy (non-hydrogen) atoms. The maximum absolute atomic E-state index is 12.4. The van der Waals surface area contributed by atoms with Crippen LogP contribution in [0, 0.1) is 5.92 Å². The number of nitrogens with zero attached hydrogens (tertiary/aromatic N) is 3. The van der Waals surface area contributed by atoms with E-state index in [1.165, 1.54) is 12.1 Å². The summed E-state index contributed by atoms with van der Waals surface area (Å²) < 4.78 is 33.9. The molecular formula is C16H22N4O5S. The molecular weight excluding hydrogens is 360 g/mol. The van der Waals surface area contributed by atoms with Gasteiger partial charge in [0.25, 0.3) is 0 Å². The average Bonchev–Trinajstić information content (AvgIpc) is 3.16. The maximum atomic E-state index is 12.4. The summed E-state index contributed by atoms with van der Waals surface area (Å²) in [6, 6.07) is 7.15. The van der Waals surface area contributed by atoms with Crippen LogP contribution in [-0.2, 0) is 27.9 Å². The summed E-state index contributed by atoms with van der Waals surface area (Å²) in [6.07, 6.45) is -0.271. The highest BCUT2D eigenvalue weighted by atomic mass is 32.2. The molecule has 0 radical (unpaired) electrons. The van der Waals surface area contributed by atoms with Crippen molar-refractivity contribution < 1.29 is 23.4 Å². The number of nitrogens with one attached hydrogen (secondary N) is 1. The maximum Gasteiger partial charge on any atom is 0.240 e. The molecule has 0 saturated heterocycles. The summed E-state index contributed by atoms with van der Waals surface area (Å²) in [6.45, 7) is 0.647. The Labute approximate surface area is 151 Å². The van der Waals surface area contributed by atoms with Crippen LogP contribution in [0.1, 0.15) is 12.1 Å². The van der Waals surface area contributed by atoms with E-state index < -0.39 is 28.3 Å². The Hall–Kier alpha value is -1.85. The third-order valence-electron chi connectivity index (χ3n) is 4.46. The number of methoxy groups -OCH3 is 1. The summed E-state index contributed by atoms with van der Waals surface area (Å²) in [4.78, 5) is 0.116. The standard InChI is InChI=1S/C16H22N4O5S/c1-25-10-12-9-20(19-17-12)8-11-7-14(16(22)15(11)21)18-26(23,24)13-5-3-2-4-6-13/h2-6,9,11,14-16,18,21-22H,7-8,10H2,1H3. The van der Waals surface area contributed by atoms with E-state index >= 15 is 0 Å². The number of aliphatic hydroxyl groups excluding tert-OH is 2. The fourth-order valence-corrected chi connectivity index (χ4v) is 4.46. The third-order valence-corrected chi connectivity index (χ3v) is 5.97. The minimum atomic E-state index is -3.77. The normalized spacial score (nSPS) is 26.3. The molecule has 1 fully saturated rings. The molecule has 0 spiro atoms. The van der Waals surface area contributed by atoms with Gasteiger partial charge < -0.3 is 14.9 Å². The Morgan fingerprint density at radius 2 is 2.00 bits per heavy atom. The van der Waals surface area contributed by atoms with Crippen molar-refractivity contribution in [2.75, 3.05) is 7.11 Å². The number of benzene rings is 1. The van der Waals surface area contributed by atoms with Gasteiger partial charge in [0.15, 0.2) is 0 Å².